The van der Waals surface area contributed by atoms with Gasteiger partial charge >= 0.3 is 14.8 Å². The van der Waals surface area contributed by atoms with Gasteiger partial charge in [-0.1, -0.05) is 6.58 Å². The summed E-state index contributed by atoms with van der Waals surface area (Å²) >= 11 is 0. The Morgan fingerprint density at radius 3 is 2.31 bits per heavy atom. The minimum absolute atomic E-state index is 0.504. The summed E-state index contributed by atoms with van der Waals surface area (Å²) in [7, 11) is 2.18. The summed E-state index contributed by atoms with van der Waals surface area (Å²) in [6.07, 6.45) is 1.80. The lowest BCUT2D eigenvalue weighted by molar-refractivity contribution is -0.144. The quantitative estimate of drug-likeness (QED) is 0.278. The van der Waals surface area contributed by atoms with E-state index in [1.807, 2.05) is 0 Å². The molecule has 0 aliphatic carbocycles. The van der Waals surface area contributed by atoms with Crippen molar-refractivity contribution in [3.63, 3.8) is 0 Å². The van der Waals surface area contributed by atoms with Crippen LogP contribution in [0.2, 0.25) is 6.04 Å². The molecule has 0 saturated carbocycles. The Morgan fingerprint density at radius 2 is 1.88 bits per heavy atom. The highest BCUT2D eigenvalue weighted by Gasteiger charge is 2.36. The number of carbonyl (C=O) groups excluding carboxylic acids is 1. The Morgan fingerprint density at radius 1 is 1.31 bits per heavy atom. The fraction of sp³-hybridized carbons (Fsp3) is 0.667. The van der Waals surface area contributed by atoms with Crippen molar-refractivity contribution in [3.05, 3.63) is 12.7 Å². The van der Waals surface area contributed by atoms with E-state index in [0.29, 0.717) is 19.0 Å². The zero-order chi connectivity index (χ0) is 12.4. The molecule has 0 aromatic carbocycles. The van der Waals surface area contributed by atoms with Gasteiger partial charge in [0.25, 0.3) is 0 Å². The largest absolute Gasteiger partial charge is 0.500 e. The van der Waals surface area contributed by atoms with Crippen LogP contribution in [0, 0.1) is 0 Å². The monoisotopic (exact) mass is 249 g/mol. The van der Waals surface area contributed by atoms with E-state index in [4.69, 9.17) is 13.3 Å². The molecular formula is C9H19NO5Si. The van der Waals surface area contributed by atoms with Crippen LogP contribution < -0.4 is 5.48 Å². The summed E-state index contributed by atoms with van der Waals surface area (Å²) in [5.74, 6) is -0.506. The van der Waals surface area contributed by atoms with E-state index in [1.54, 1.807) is 21.3 Å². The molecule has 6 nitrogen and oxygen atoms in total. The molecule has 0 bridgehead atoms. The van der Waals surface area contributed by atoms with Gasteiger partial charge in [0.15, 0.2) is 0 Å². The summed E-state index contributed by atoms with van der Waals surface area (Å²) in [5.41, 5.74) is 2.52. The maximum absolute atomic E-state index is 10.7. The van der Waals surface area contributed by atoms with Crippen LogP contribution in [0.5, 0.6) is 0 Å². The van der Waals surface area contributed by atoms with Crippen molar-refractivity contribution in [1.29, 1.82) is 0 Å². The number of rotatable bonds is 9. The summed E-state index contributed by atoms with van der Waals surface area (Å²) in [6, 6.07) is 0.648. The van der Waals surface area contributed by atoms with Crippen molar-refractivity contribution in [2.45, 2.75) is 12.5 Å². The first kappa shape index (κ1) is 15.3. The molecule has 0 amide bonds. The molecule has 0 aliphatic rings. The summed E-state index contributed by atoms with van der Waals surface area (Å²) in [6.45, 7) is 3.78. The first-order valence-corrected chi connectivity index (χ1v) is 6.79. The van der Waals surface area contributed by atoms with Crippen LogP contribution in [0.1, 0.15) is 6.42 Å². The van der Waals surface area contributed by atoms with Crippen LogP contribution >= 0.6 is 0 Å². The molecule has 0 spiro atoms. The molecule has 7 heteroatoms. The smallest absolute Gasteiger partial charge is 0.377 e. The van der Waals surface area contributed by atoms with Crippen molar-refractivity contribution in [1.82, 2.24) is 5.48 Å². The predicted octanol–water partition coefficient (Wildman–Crippen LogP) is 0.488. The van der Waals surface area contributed by atoms with Crippen molar-refractivity contribution >= 4 is 14.8 Å². The zero-order valence-electron chi connectivity index (χ0n) is 9.95. The molecule has 0 rings (SSSR count). The van der Waals surface area contributed by atoms with E-state index in [0.717, 1.165) is 6.08 Å². The standard InChI is InChI=1S/C9H19NO5Si/c1-5-9(11)15-10-7-6-8-16(12-2,13-3)14-4/h5,10H,1,6-8H2,2-4H3. The van der Waals surface area contributed by atoms with Gasteiger partial charge in [0.2, 0.25) is 0 Å². The second-order valence-electron chi connectivity index (χ2n) is 2.92. The van der Waals surface area contributed by atoms with Crippen LogP contribution in [-0.4, -0.2) is 42.6 Å². The average molecular weight is 249 g/mol. The van der Waals surface area contributed by atoms with Gasteiger partial charge in [-0.2, -0.15) is 5.48 Å². The number of hydrogen-bond acceptors (Lipinski definition) is 6. The first-order valence-electron chi connectivity index (χ1n) is 4.85. The Balaban J connectivity index is 3.71. The normalized spacial score (nSPS) is 11.2. The summed E-state index contributed by atoms with van der Waals surface area (Å²) in [5, 5.41) is 0. The zero-order valence-corrected chi connectivity index (χ0v) is 10.9. The van der Waals surface area contributed by atoms with Crippen molar-refractivity contribution in [3.8, 4) is 0 Å². The van der Waals surface area contributed by atoms with E-state index < -0.39 is 14.8 Å². The highest BCUT2D eigenvalue weighted by atomic mass is 28.4. The Bertz CT molecular complexity index is 212. The summed E-state index contributed by atoms with van der Waals surface area (Å²) in [4.78, 5) is 15.3. The van der Waals surface area contributed by atoms with Gasteiger partial charge in [-0.3, -0.25) is 0 Å². The highest BCUT2D eigenvalue weighted by Crippen LogP contribution is 2.14. The molecule has 0 radical (unpaired) electrons. The fourth-order valence-electron chi connectivity index (χ4n) is 1.10. The minimum atomic E-state index is -2.50. The lowest BCUT2D eigenvalue weighted by Gasteiger charge is -2.24. The van der Waals surface area contributed by atoms with Crippen molar-refractivity contribution in [2.75, 3.05) is 27.9 Å². The average Bonchev–Trinajstić information content (AvgIpc) is 2.34. The lowest BCUT2D eigenvalue weighted by Crippen LogP contribution is -2.43. The number of carbonyl (C=O) groups is 1. The SMILES string of the molecule is C=CC(=O)ONCCC[Si](OC)(OC)OC. The number of hydrogen-bond donors (Lipinski definition) is 1. The second-order valence-corrected chi connectivity index (χ2v) is 6.01. The van der Waals surface area contributed by atoms with E-state index in [2.05, 4.69) is 16.9 Å². The topological polar surface area (TPSA) is 66.0 Å². The molecule has 0 atom stereocenters. The van der Waals surface area contributed by atoms with Gasteiger partial charge in [-0.25, -0.2) is 4.79 Å². The van der Waals surface area contributed by atoms with Crippen LogP contribution in [0.4, 0.5) is 0 Å². The second kappa shape index (κ2) is 8.42. The fourth-order valence-corrected chi connectivity index (χ4v) is 2.82. The van der Waals surface area contributed by atoms with Crippen LogP contribution in [0.15, 0.2) is 12.7 Å². The third-order valence-corrected chi connectivity index (χ3v) is 4.87. The Hall–Kier alpha value is -0.733. The Labute approximate surface area is 96.8 Å². The molecule has 16 heavy (non-hydrogen) atoms. The molecule has 94 valence electrons. The highest BCUT2D eigenvalue weighted by molar-refractivity contribution is 6.60. The van der Waals surface area contributed by atoms with Crippen LogP contribution in [0.3, 0.4) is 0 Å². The van der Waals surface area contributed by atoms with Crippen molar-refractivity contribution in [2.24, 2.45) is 0 Å². The minimum Gasteiger partial charge on any atom is -0.377 e. The van der Waals surface area contributed by atoms with Gasteiger partial charge in [0.05, 0.1) is 0 Å². The number of nitrogens with one attached hydrogen (secondary N) is 1. The molecule has 1 N–H and O–H groups in total. The molecule has 0 unspecified atom stereocenters. The molecule has 0 fully saturated rings. The van der Waals surface area contributed by atoms with Gasteiger partial charge in [-0.05, 0) is 6.42 Å². The molecule has 0 heterocycles. The lowest BCUT2D eigenvalue weighted by atomic mass is 10.5. The molecule has 0 saturated heterocycles. The summed E-state index contributed by atoms with van der Waals surface area (Å²) < 4.78 is 15.7. The number of hydroxylamine groups is 1. The molecular weight excluding hydrogens is 230 g/mol. The van der Waals surface area contributed by atoms with Gasteiger partial charge in [0, 0.05) is 40.0 Å². The maximum Gasteiger partial charge on any atom is 0.500 e. The van der Waals surface area contributed by atoms with Crippen LogP contribution in [-0.2, 0) is 22.9 Å². The van der Waals surface area contributed by atoms with Gasteiger partial charge < -0.3 is 18.1 Å². The van der Waals surface area contributed by atoms with E-state index in [-0.39, 0.29) is 0 Å². The third kappa shape index (κ3) is 5.38. The van der Waals surface area contributed by atoms with E-state index in [9.17, 15) is 4.79 Å². The molecule has 0 aromatic rings. The maximum atomic E-state index is 10.7. The molecule has 0 aliphatic heterocycles. The first-order chi connectivity index (χ1) is 7.64. The van der Waals surface area contributed by atoms with Gasteiger partial charge in [0.1, 0.15) is 0 Å². The third-order valence-electron chi connectivity index (χ3n) is 2.03. The molecule has 0 aromatic heterocycles. The van der Waals surface area contributed by atoms with Crippen molar-refractivity contribution < 1.29 is 22.9 Å². The van der Waals surface area contributed by atoms with E-state index >= 15 is 0 Å². The predicted molar refractivity (Wildman–Crippen MR) is 60.5 cm³/mol. The van der Waals surface area contributed by atoms with E-state index in [1.165, 1.54) is 0 Å². The van der Waals surface area contributed by atoms with Gasteiger partial charge in [-0.15, -0.1) is 0 Å². The van der Waals surface area contributed by atoms with Crippen LogP contribution in [0.25, 0.3) is 0 Å². The Kier molecular flexibility index (Phi) is 8.04.